The van der Waals surface area contributed by atoms with Gasteiger partial charge in [-0.1, -0.05) is 17.7 Å². The summed E-state index contributed by atoms with van der Waals surface area (Å²) in [6.45, 7) is 2.12. The molecule has 74 valence electrons. The number of nitrogens with zero attached hydrogens (tertiary/aromatic N) is 1. The Bertz CT molecular complexity index is 360. The molecule has 3 rings (SSSR count). The molecule has 0 aromatic heterocycles. The molecule has 14 heavy (non-hydrogen) atoms. The number of benzene rings is 1. The quantitative estimate of drug-likeness (QED) is 0.764. The van der Waals surface area contributed by atoms with Gasteiger partial charge in [0.1, 0.15) is 0 Å². The molecule has 0 radical (unpaired) electrons. The lowest BCUT2D eigenvalue weighted by Crippen LogP contribution is -2.35. The van der Waals surface area contributed by atoms with Gasteiger partial charge in [-0.05, 0) is 25.0 Å². The zero-order valence-electron chi connectivity index (χ0n) is 7.96. The highest BCUT2D eigenvalue weighted by Crippen LogP contribution is 2.41. The van der Waals surface area contributed by atoms with Crippen molar-refractivity contribution in [1.29, 1.82) is 0 Å². The zero-order chi connectivity index (χ0) is 9.54. The van der Waals surface area contributed by atoms with E-state index in [1.165, 1.54) is 24.2 Å². The van der Waals surface area contributed by atoms with Crippen LogP contribution in [0.4, 0.5) is 11.4 Å². The van der Waals surface area contributed by atoms with Crippen LogP contribution in [0.2, 0.25) is 5.02 Å². The molecule has 3 heteroatoms. The number of halogens is 1. The molecule has 0 bridgehead atoms. The van der Waals surface area contributed by atoms with Crippen LogP contribution in [0.3, 0.4) is 0 Å². The molecular formula is C11H13ClN2. The molecule has 0 spiro atoms. The van der Waals surface area contributed by atoms with Crippen molar-refractivity contribution in [2.45, 2.75) is 18.9 Å². The topological polar surface area (TPSA) is 15.3 Å². The number of hydrogen-bond donors (Lipinski definition) is 1. The van der Waals surface area contributed by atoms with Crippen molar-refractivity contribution in [3.05, 3.63) is 23.2 Å². The van der Waals surface area contributed by atoms with Crippen LogP contribution in [-0.2, 0) is 0 Å². The number of fused-ring (bicyclic) bond motifs is 1. The minimum absolute atomic E-state index is 0.746. The highest BCUT2D eigenvalue weighted by molar-refractivity contribution is 6.34. The smallest absolute Gasteiger partial charge is 0.0794 e. The minimum atomic E-state index is 0.746. The van der Waals surface area contributed by atoms with E-state index in [1.54, 1.807) is 0 Å². The average Bonchev–Trinajstić information content (AvgIpc) is 3.01. The molecular weight excluding hydrogens is 196 g/mol. The Morgan fingerprint density at radius 2 is 2.21 bits per heavy atom. The van der Waals surface area contributed by atoms with Crippen LogP contribution in [0.25, 0.3) is 0 Å². The predicted molar refractivity (Wildman–Crippen MR) is 60.3 cm³/mol. The third-order valence-corrected chi connectivity index (χ3v) is 3.23. The summed E-state index contributed by atoms with van der Waals surface area (Å²) in [4.78, 5) is 2.45. The number of nitrogens with one attached hydrogen (secondary N) is 1. The van der Waals surface area contributed by atoms with Crippen molar-refractivity contribution in [1.82, 2.24) is 0 Å². The van der Waals surface area contributed by atoms with E-state index in [1.807, 2.05) is 12.1 Å². The van der Waals surface area contributed by atoms with Gasteiger partial charge in [-0.2, -0.15) is 0 Å². The van der Waals surface area contributed by atoms with Gasteiger partial charge in [-0.15, -0.1) is 0 Å². The maximum Gasteiger partial charge on any atom is 0.0794 e. The molecule has 2 aliphatic rings. The summed E-state index contributed by atoms with van der Waals surface area (Å²) in [5.74, 6) is 0. The van der Waals surface area contributed by atoms with Crippen molar-refractivity contribution < 1.29 is 0 Å². The van der Waals surface area contributed by atoms with E-state index in [-0.39, 0.29) is 0 Å². The van der Waals surface area contributed by atoms with E-state index in [0.29, 0.717) is 0 Å². The van der Waals surface area contributed by atoms with E-state index in [9.17, 15) is 0 Å². The Balaban J connectivity index is 2.07. The fourth-order valence-electron chi connectivity index (χ4n) is 2.12. The first-order chi connectivity index (χ1) is 6.86. The molecule has 1 aliphatic carbocycles. The zero-order valence-corrected chi connectivity index (χ0v) is 8.72. The molecule has 0 atom stereocenters. The third-order valence-electron chi connectivity index (χ3n) is 2.93. The van der Waals surface area contributed by atoms with Gasteiger partial charge in [0.2, 0.25) is 0 Å². The molecule has 1 heterocycles. The Morgan fingerprint density at radius 1 is 1.36 bits per heavy atom. The number of para-hydroxylation sites is 1. The molecule has 0 saturated heterocycles. The van der Waals surface area contributed by atoms with Crippen LogP contribution in [0.5, 0.6) is 0 Å². The predicted octanol–water partition coefficient (Wildman–Crippen LogP) is 2.73. The standard InChI is InChI=1S/C11H13ClN2/c12-9-2-1-3-10-11(9)14(7-6-13-10)8-4-5-8/h1-3,8,13H,4-7H2. The van der Waals surface area contributed by atoms with E-state index in [0.717, 1.165) is 24.2 Å². The highest BCUT2D eigenvalue weighted by Gasteiger charge is 2.32. The van der Waals surface area contributed by atoms with Crippen molar-refractivity contribution in [2.75, 3.05) is 23.3 Å². The van der Waals surface area contributed by atoms with Crippen LogP contribution in [0, 0.1) is 0 Å². The van der Waals surface area contributed by atoms with Gasteiger partial charge >= 0.3 is 0 Å². The number of rotatable bonds is 1. The summed E-state index contributed by atoms with van der Waals surface area (Å²) >= 11 is 6.23. The monoisotopic (exact) mass is 208 g/mol. The minimum Gasteiger partial charge on any atom is -0.382 e. The second kappa shape index (κ2) is 3.06. The molecule has 1 saturated carbocycles. The maximum absolute atomic E-state index is 6.23. The first-order valence-electron chi connectivity index (χ1n) is 5.15. The molecule has 2 nitrogen and oxygen atoms in total. The van der Waals surface area contributed by atoms with Gasteiger partial charge in [0.05, 0.1) is 16.4 Å². The van der Waals surface area contributed by atoms with Gasteiger partial charge in [0.15, 0.2) is 0 Å². The fourth-order valence-corrected chi connectivity index (χ4v) is 2.41. The Hall–Kier alpha value is -0.890. The van der Waals surface area contributed by atoms with Crippen LogP contribution >= 0.6 is 11.6 Å². The lowest BCUT2D eigenvalue weighted by molar-refractivity contribution is 0.783. The molecule has 0 amide bonds. The number of hydrogen-bond acceptors (Lipinski definition) is 2. The van der Waals surface area contributed by atoms with Gasteiger partial charge in [-0.25, -0.2) is 0 Å². The lowest BCUT2D eigenvalue weighted by Gasteiger charge is -2.32. The van der Waals surface area contributed by atoms with Crippen LogP contribution < -0.4 is 10.2 Å². The fraction of sp³-hybridized carbons (Fsp3) is 0.455. The van der Waals surface area contributed by atoms with Crippen LogP contribution in [0.15, 0.2) is 18.2 Å². The van der Waals surface area contributed by atoms with Crippen molar-refractivity contribution in [3.63, 3.8) is 0 Å². The second-order valence-corrected chi connectivity index (χ2v) is 4.39. The Kier molecular flexibility index (Phi) is 1.84. The van der Waals surface area contributed by atoms with E-state index >= 15 is 0 Å². The summed E-state index contributed by atoms with van der Waals surface area (Å²) in [6.07, 6.45) is 2.65. The first kappa shape index (κ1) is 8.42. The Morgan fingerprint density at radius 3 is 3.00 bits per heavy atom. The summed E-state index contributed by atoms with van der Waals surface area (Å²) in [6, 6.07) is 6.83. The largest absolute Gasteiger partial charge is 0.382 e. The van der Waals surface area contributed by atoms with Gasteiger partial charge in [-0.3, -0.25) is 0 Å². The molecule has 0 unspecified atom stereocenters. The van der Waals surface area contributed by atoms with Gasteiger partial charge in [0.25, 0.3) is 0 Å². The van der Waals surface area contributed by atoms with Gasteiger partial charge in [0, 0.05) is 19.1 Å². The normalized spacial score (nSPS) is 20.2. The molecule has 1 aromatic carbocycles. The van der Waals surface area contributed by atoms with Crippen molar-refractivity contribution >= 4 is 23.0 Å². The lowest BCUT2D eigenvalue weighted by atomic mass is 10.2. The SMILES string of the molecule is Clc1cccc2c1N(C1CC1)CCN2. The van der Waals surface area contributed by atoms with Crippen molar-refractivity contribution in [2.24, 2.45) is 0 Å². The molecule has 1 N–H and O–H groups in total. The maximum atomic E-state index is 6.23. The second-order valence-electron chi connectivity index (χ2n) is 3.99. The van der Waals surface area contributed by atoms with E-state index < -0.39 is 0 Å². The summed E-state index contributed by atoms with van der Waals surface area (Å²) < 4.78 is 0. The third kappa shape index (κ3) is 1.25. The molecule has 1 fully saturated rings. The van der Waals surface area contributed by atoms with E-state index in [4.69, 9.17) is 11.6 Å². The first-order valence-corrected chi connectivity index (χ1v) is 5.53. The summed E-state index contributed by atoms with van der Waals surface area (Å²) in [7, 11) is 0. The summed E-state index contributed by atoms with van der Waals surface area (Å²) in [5, 5.41) is 4.27. The molecule has 1 aliphatic heterocycles. The van der Waals surface area contributed by atoms with Crippen LogP contribution in [-0.4, -0.2) is 19.1 Å². The van der Waals surface area contributed by atoms with Crippen LogP contribution in [0.1, 0.15) is 12.8 Å². The molecule has 1 aromatic rings. The Labute approximate surface area is 88.9 Å². The average molecular weight is 209 g/mol. The highest BCUT2D eigenvalue weighted by atomic mass is 35.5. The van der Waals surface area contributed by atoms with Crippen molar-refractivity contribution in [3.8, 4) is 0 Å². The summed E-state index contributed by atoms with van der Waals surface area (Å²) in [5.41, 5.74) is 2.40. The number of anilines is 2. The van der Waals surface area contributed by atoms with Gasteiger partial charge < -0.3 is 10.2 Å². The van der Waals surface area contributed by atoms with E-state index in [2.05, 4.69) is 16.3 Å².